The van der Waals surface area contributed by atoms with Crippen molar-refractivity contribution in [3.05, 3.63) is 35.4 Å². The number of benzene rings is 1. The molecule has 1 atom stereocenters. The Morgan fingerprint density at radius 1 is 1.26 bits per heavy atom. The molecule has 0 aromatic heterocycles. The quantitative estimate of drug-likeness (QED) is 0.620. The first kappa shape index (κ1) is 17.8. The van der Waals surface area contributed by atoms with E-state index in [1.54, 1.807) is 0 Å². The van der Waals surface area contributed by atoms with Gasteiger partial charge >= 0.3 is 0 Å². The van der Waals surface area contributed by atoms with Crippen LogP contribution in [0.2, 0.25) is 0 Å². The normalized spacial score (nSPS) is 18.5. The molecule has 0 bridgehead atoms. The van der Waals surface area contributed by atoms with E-state index in [-0.39, 0.29) is 0 Å². The number of nitrogens with zero attached hydrogens (tertiary/aromatic N) is 2. The lowest BCUT2D eigenvalue weighted by molar-refractivity contribution is 0.114. The van der Waals surface area contributed by atoms with Crippen molar-refractivity contribution in [3.63, 3.8) is 0 Å². The smallest absolute Gasteiger partial charge is 0.194 e. The number of hydrogen-bond donors (Lipinski definition) is 1. The molecule has 1 aromatic rings. The molecule has 0 spiro atoms. The van der Waals surface area contributed by atoms with Gasteiger partial charge in [-0.2, -0.15) is 0 Å². The number of nitrogens with one attached hydrogen (secondary N) is 1. The van der Waals surface area contributed by atoms with Crippen LogP contribution in [0.5, 0.6) is 0 Å². The molecule has 4 heteroatoms. The summed E-state index contributed by atoms with van der Waals surface area (Å²) in [5.41, 5.74) is 2.72. The Bertz CT molecular complexity index is 501. The third-order valence-electron chi connectivity index (χ3n) is 4.38. The zero-order valence-electron chi connectivity index (χ0n) is 14.8. The molecule has 0 radical (unpaired) electrons. The maximum Gasteiger partial charge on any atom is 0.194 e. The molecule has 1 unspecified atom stereocenters. The average molecular weight is 317 g/mol. The van der Waals surface area contributed by atoms with E-state index < -0.39 is 0 Å². The summed E-state index contributed by atoms with van der Waals surface area (Å²) in [4.78, 5) is 7.26. The fourth-order valence-electron chi connectivity index (χ4n) is 3.09. The van der Waals surface area contributed by atoms with Gasteiger partial charge in [-0.15, -0.1) is 0 Å². The minimum atomic E-state index is 0.627. The van der Waals surface area contributed by atoms with E-state index in [1.165, 1.54) is 17.5 Å². The summed E-state index contributed by atoms with van der Waals surface area (Å²) in [5.74, 6) is 1.67. The summed E-state index contributed by atoms with van der Waals surface area (Å²) >= 11 is 0. The van der Waals surface area contributed by atoms with Crippen LogP contribution >= 0.6 is 0 Å². The van der Waals surface area contributed by atoms with Crippen LogP contribution in [0.4, 0.5) is 0 Å². The third kappa shape index (κ3) is 5.24. The van der Waals surface area contributed by atoms with E-state index in [0.29, 0.717) is 5.92 Å². The average Bonchev–Trinajstić information content (AvgIpc) is 3.05. The van der Waals surface area contributed by atoms with Crippen molar-refractivity contribution in [1.29, 1.82) is 0 Å². The van der Waals surface area contributed by atoms with Gasteiger partial charge in [0.05, 0.1) is 13.2 Å². The fourth-order valence-corrected chi connectivity index (χ4v) is 3.09. The van der Waals surface area contributed by atoms with E-state index in [0.717, 1.165) is 51.8 Å². The lowest BCUT2D eigenvalue weighted by Gasteiger charge is -2.22. The maximum absolute atomic E-state index is 5.58. The summed E-state index contributed by atoms with van der Waals surface area (Å²) in [6.45, 7) is 11.8. The largest absolute Gasteiger partial charge is 0.381 e. The van der Waals surface area contributed by atoms with E-state index in [9.17, 15) is 0 Å². The highest BCUT2D eigenvalue weighted by molar-refractivity contribution is 5.80. The Labute approximate surface area is 140 Å². The van der Waals surface area contributed by atoms with Crippen LogP contribution < -0.4 is 5.32 Å². The molecule has 23 heavy (non-hydrogen) atoms. The molecule has 1 aromatic carbocycles. The van der Waals surface area contributed by atoms with Gasteiger partial charge in [-0.05, 0) is 37.8 Å². The first-order valence-electron chi connectivity index (χ1n) is 8.96. The molecule has 0 aliphatic carbocycles. The number of ether oxygens (including phenoxy) is 1. The van der Waals surface area contributed by atoms with Gasteiger partial charge in [-0.1, -0.05) is 31.2 Å². The molecule has 0 amide bonds. The highest BCUT2D eigenvalue weighted by Gasteiger charge is 2.24. The lowest BCUT2D eigenvalue weighted by Crippen LogP contribution is -2.40. The van der Waals surface area contributed by atoms with Gasteiger partial charge in [-0.3, -0.25) is 0 Å². The van der Waals surface area contributed by atoms with Crippen molar-refractivity contribution < 1.29 is 4.74 Å². The first-order valence-corrected chi connectivity index (χ1v) is 8.96. The molecule has 1 aliphatic rings. The van der Waals surface area contributed by atoms with Gasteiger partial charge in [0.15, 0.2) is 5.96 Å². The summed E-state index contributed by atoms with van der Waals surface area (Å²) in [5, 5.41) is 3.44. The molecule has 2 rings (SSSR count). The molecule has 1 aliphatic heterocycles. The molecular weight excluding hydrogens is 286 g/mol. The minimum Gasteiger partial charge on any atom is -0.381 e. The topological polar surface area (TPSA) is 36.9 Å². The Balaban J connectivity index is 2.00. The molecule has 1 heterocycles. The number of aryl methyl sites for hydroxylation is 1. The maximum atomic E-state index is 5.58. The molecule has 1 fully saturated rings. The monoisotopic (exact) mass is 317 g/mol. The number of hydrogen-bond acceptors (Lipinski definition) is 2. The second kappa shape index (κ2) is 9.56. The van der Waals surface area contributed by atoms with Crippen molar-refractivity contribution in [2.75, 3.05) is 32.8 Å². The lowest BCUT2D eigenvalue weighted by atomic mass is 10.1. The van der Waals surface area contributed by atoms with Crippen molar-refractivity contribution in [2.24, 2.45) is 10.9 Å². The second-order valence-electron chi connectivity index (χ2n) is 6.05. The van der Waals surface area contributed by atoms with E-state index in [4.69, 9.17) is 9.73 Å². The Morgan fingerprint density at radius 3 is 2.74 bits per heavy atom. The molecule has 128 valence electrons. The molecule has 1 N–H and O–H groups in total. The second-order valence-corrected chi connectivity index (χ2v) is 6.05. The highest BCUT2D eigenvalue weighted by Crippen LogP contribution is 2.17. The van der Waals surface area contributed by atoms with Crippen LogP contribution in [0.25, 0.3) is 0 Å². The van der Waals surface area contributed by atoms with Crippen LogP contribution in [0.15, 0.2) is 29.3 Å². The van der Waals surface area contributed by atoms with Gasteiger partial charge in [-0.25, -0.2) is 4.99 Å². The number of rotatable bonds is 7. The minimum absolute atomic E-state index is 0.627. The van der Waals surface area contributed by atoms with Crippen LogP contribution in [0, 0.1) is 5.92 Å². The highest BCUT2D eigenvalue weighted by atomic mass is 16.5. The fraction of sp³-hybridized carbons (Fsp3) is 0.632. The Morgan fingerprint density at radius 2 is 2.04 bits per heavy atom. The number of likely N-dealkylation sites (tertiary alicyclic amines) is 1. The molecule has 1 saturated heterocycles. The zero-order valence-corrected chi connectivity index (χ0v) is 14.8. The van der Waals surface area contributed by atoms with E-state index in [2.05, 4.69) is 55.3 Å². The van der Waals surface area contributed by atoms with Crippen LogP contribution in [-0.2, 0) is 17.7 Å². The summed E-state index contributed by atoms with van der Waals surface area (Å²) in [6, 6.07) is 8.60. The number of aliphatic imine (C=N–C) groups is 1. The predicted molar refractivity (Wildman–Crippen MR) is 96.8 cm³/mol. The van der Waals surface area contributed by atoms with Crippen LogP contribution in [0.3, 0.4) is 0 Å². The standard InChI is InChI=1S/C19H31N3O/c1-4-17-9-7-8-10-18(17)13-21-19(20-5-2)22-12-11-16(14-22)15-23-6-3/h7-10,16H,4-6,11-15H2,1-3H3,(H,20,21). The van der Waals surface area contributed by atoms with E-state index >= 15 is 0 Å². The van der Waals surface area contributed by atoms with Gasteiger partial charge in [0, 0.05) is 32.2 Å². The van der Waals surface area contributed by atoms with Crippen LogP contribution in [0.1, 0.15) is 38.3 Å². The first-order chi connectivity index (χ1) is 11.3. The van der Waals surface area contributed by atoms with Crippen molar-refractivity contribution in [2.45, 2.75) is 40.2 Å². The van der Waals surface area contributed by atoms with Gasteiger partial charge in [0.1, 0.15) is 0 Å². The Kier molecular flexibility index (Phi) is 7.40. The summed E-state index contributed by atoms with van der Waals surface area (Å²) in [7, 11) is 0. The van der Waals surface area contributed by atoms with Crippen molar-refractivity contribution in [3.8, 4) is 0 Å². The number of guanidine groups is 1. The van der Waals surface area contributed by atoms with Crippen molar-refractivity contribution >= 4 is 5.96 Å². The van der Waals surface area contributed by atoms with Gasteiger partial charge in [0.2, 0.25) is 0 Å². The van der Waals surface area contributed by atoms with Gasteiger partial charge in [0.25, 0.3) is 0 Å². The van der Waals surface area contributed by atoms with Gasteiger partial charge < -0.3 is 15.0 Å². The predicted octanol–water partition coefficient (Wildman–Crippen LogP) is 3.07. The van der Waals surface area contributed by atoms with Crippen molar-refractivity contribution in [1.82, 2.24) is 10.2 Å². The molecule has 0 saturated carbocycles. The molecular formula is C19H31N3O. The zero-order chi connectivity index (χ0) is 16.5. The summed E-state index contributed by atoms with van der Waals surface area (Å²) in [6.07, 6.45) is 2.25. The third-order valence-corrected chi connectivity index (χ3v) is 4.38. The molecule has 4 nitrogen and oxygen atoms in total. The Hall–Kier alpha value is -1.55. The SMILES string of the molecule is CCNC(=NCc1ccccc1CC)N1CCC(COCC)C1. The van der Waals surface area contributed by atoms with E-state index in [1.807, 2.05) is 0 Å². The van der Waals surface area contributed by atoms with Crippen LogP contribution in [-0.4, -0.2) is 43.7 Å². The summed E-state index contributed by atoms with van der Waals surface area (Å²) < 4.78 is 5.58.